The topological polar surface area (TPSA) is 40.5 Å². The molecule has 17 heavy (non-hydrogen) atoms. The molecule has 1 heterocycles. The summed E-state index contributed by atoms with van der Waals surface area (Å²) in [7, 11) is 0. The zero-order valence-corrected chi connectivity index (χ0v) is 10.6. The molecule has 1 amide bonds. The van der Waals surface area contributed by atoms with Crippen LogP contribution in [-0.2, 0) is 4.79 Å². The Morgan fingerprint density at radius 2 is 2.18 bits per heavy atom. The van der Waals surface area contributed by atoms with Crippen molar-refractivity contribution in [3.05, 3.63) is 0 Å². The van der Waals surface area contributed by atoms with E-state index in [1.165, 1.54) is 12.8 Å². The minimum Gasteiger partial charge on any atom is -0.393 e. The predicted octanol–water partition coefficient (Wildman–Crippen LogP) is 1.79. The maximum atomic E-state index is 12.4. The van der Waals surface area contributed by atoms with Gasteiger partial charge in [-0.3, -0.25) is 4.79 Å². The molecule has 0 radical (unpaired) electrons. The molecule has 4 unspecified atom stereocenters. The summed E-state index contributed by atoms with van der Waals surface area (Å²) in [4.78, 5) is 14.5. The molecule has 1 aliphatic heterocycles. The lowest BCUT2D eigenvalue weighted by molar-refractivity contribution is -0.134. The first-order chi connectivity index (χ1) is 8.16. The molecule has 1 N–H and O–H groups in total. The van der Waals surface area contributed by atoms with Gasteiger partial charge in [0.1, 0.15) is 0 Å². The van der Waals surface area contributed by atoms with Crippen LogP contribution in [-0.4, -0.2) is 34.6 Å². The third-order valence-corrected chi connectivity index (χ3v) is 4.66. The first-order valence-corrected chi connectivity index (χ1v) is 7.15. The van der Waals surface area contributed by atoms with Crippen LogP contribution in [0.4, 0.5) is 0 Å². The highest BCUT2D eigenvalue weighted by Crippen LogP contribution is 2.55. The Morgan fingerprint density at radius 3 is 2.82 bits per heavy atom. The molecule has 3 rings (SSSR count). The number of nitrogens with zero attached hydrogens (tertiary/aromatic N) is 1. The summed E-state index contributed by atoms with van der Waals surface area (Å²) in [6, 6.07) is 0.308. The van der Waals surface area contributed by atoms with Crippen molar-refractivity contribution in [2.45, 2.75) is 57.6 Å². The van der Waals surface area contributed by atoms with E-state index in [2.05, 4.69) is 4.90 Å². The maximum Gasteiger partial charge on any atom is 0.226 e. The highest BCUT2D eigenvalue weighted by Gasteiger charge is 2.53. The Hall–Kier alpha value is -0.570. The molecule has 0 aromatic carbocycles. The number of hydrogen-bond acceptors (Lipinski definition) is 2. The van der Waals surface area contributed by atoms with Crippen molar-refractivity contribution < 1.29 is 9.90 Å². The van der Waals surface area contributed by atoms with E-state index in [-0.39, 0.29) is 6.10 Å². The highest BCUT2D eigenvalue weighted by atomic mass is 16.3. The summed E-state index contributed by atoms with van der Waals surface area (Å²) < 4.78 is 0. The van der Waals surface area contributed by atoms with Crippen molar-refractivity contribution in [2.24, 2.45) is 17.8 Å². The van der Waals surface area contributed by atoms with E-state index in [0.717, 1.165) is 44.1 Å². The fraction of sp³-hybridized carbons (Fsp3) is 0.929. The van der Waals surface area contributed by atoms with Gasteiger partial charge in [0.25, 0.3) is 0 Å². The molecule has 4 atom stereocenters. The molecule has 0 bridgehead atoms. The summed E-state index contributed by atoms with van der Waals surface area (Å²) in [5.74, 6) is 2.33. The SMILES string of the molecule is CC(O)CC1CCCN1C(=O)C1CC1C1CC1. The molecule has 96 valence electrons. The zero-order valence-electron chi connectivity index (χ0n) is 10.6. The number of carbonyl (C=O) groups is 1. The molecule has 0 aromatic heterocycles. The fourth-order valence-electron chi connectivity index (χ4n) is 3.52. The highest BCUT2D eigenvalue weighted by molar-refractivity contribution is 5.82. The smallest absolute Gasteiger partial charge is 0.226 e. The second-order valence-electron chi connectivity index (χ2n) is 6.26. The quantitative estimate of drug-likeness (QED) is 0.810. The van der Waals surface area contributed by atoms with E-state index in [1.807, 2.05) is 6.92 Å². The van der Waals surface area contributed by atoms with Crippen LogP contribution < -0.4 is 0 Å². The van der Waals surface area contributed by atoms with Gasteiger partial charge in [0.2, 0.25) is 5.91 Å². The number of aliphatic hydroxyl groups excluding tert-OH is 1. The molecule has 0 aromatic rings. The first-order valence-electron chi connectivity index (χ1n) is 7.15. The van der Waals surface area contributed by atoms with Gasteiger partial charge >= 0.3 is 0 Å². The molecule has 2 aliphatic carbocycles. The van der Waals surface area contributed by atoms with Crippen molar-refractivity contribution in [1.29, 1.82) is 0 Å². The van der Waals surface area contributed by atoms with Gasteiger partial charge in [-0.05, 0) is 57.3 Å². The third-order valence-electron chi connectivity index (χ3n) is 4.66. The zero-order chi connectivity index (χ0) is 12.0. The maximum absolute atomic E-state index is 12.4. The summed E-state index contributed by atoms with van der Waals surface area (Å²) in [5.41, 5.74) is 0. The summed E-state index contributed by atoms with van der Waals surface area (Å²) in [5, 5.41) is 9.48. The van der Waals surface area contributed by atoms with Crippen LogP contribution in [0.2, 0.25) is 0 Å². The van der Waals surface area contributed by atoms with Gasteiger partial charge in [0.15, 0.2) is 0 Å². The minimum absolute atomic E-state index is 0.285. The van der Waals surface area contributed by atoms with E-state index in [1.54, 1.807) is 0 Å². The summed E-state index contributed by atoms with van der Waals surface area (Å²) in [6.45, 7) is 2.75. The average Bonchev–Trinajstić information content (AvgIpc) is 3.13. The first kappa shape index (κ1) is 11.5. The van der Waals surface area contributed by atoms with Crippen molar-refractivity contribution in [3.8, 4) is 0 Å². The standard InChI is InChI=1S/C14H23NO2/c1-9(16)7-11-3-2-6-15(11)14(17)13-8-12(13)10-4-5-10/h9-13,16H,2-8H2,1H3. The normalized spacial score (nSPS) is 38.2. The lowest BCUT2D eigenvalue weighted by atomic mass is 10.1. The Labute approximate surface area is 103 Å². The molecule has 3 aliphatic rings. The van der Waals surface area contributed by atoms with Crippen LogP contribution in [0, 0.1) is 17.8 Å². The average molecular weight is 237 g/mol. The predicted molar refractivity (Wildman–Crippen MR) is 65.4 cm³/mol. The second-order valence-corrected chi connectivity index (χ2v) is 6.26. The lowest BCUT2D eigenvalue weighted by Crippen LogP contribution is -2.38. The molecule has 3 fully saturated rings. The van der Waals surface area contributed by atoms with Gasteiger partial charge in [-0.15, -0.1) is 0 Å². The number of amides is 1. The van der Waals surface area contributed by atoms with Crippen molar-refractivity contribution in [1.82, 2.24) is 4.90 Å². The summed E-state index contributed by atoms with van der Waals surface area (Å²) in [6.07, 6.45) is 6.51. The Bertz CT molecular complexity index is 311. The van der Waals surface area contributed by atoms with E-state index in [9.17, 15) is 9.90 Å². The van der Waals surface area contributed by atoms with Gasteiger partial charge < -0.3 is 10.0 Å². The van der Waals surface area contributed by atoms with Crippen LogP contribution in [0.1, 0.15) is 45.4 Å². The number of likely N-dealkylation sites (tertiary alicyclic amines) is 1. The van der Waals surface area contributed by atoms with Crippen molar-refractivity contribution in [2.75, 3.05) is 6.54 Å². The van der Waals surface area contributed by atoms with Gasteiger partial charge in [0, 0.05) is 18.5 Å². The van der Waals surface area contributed by atoms with E-state index in [0.29, 0.717) is 17.9 Å². The Morgan fingerprint density at radius 1 is 1.41 bits per heavy atom. The van der Waals surface area contributed by atoms with Gasteiger partial charge in [0.05, 0.1) is 6.10 Å². The third kappa shape index (κ3) is 2.35. The molecule has 3 nitrogen and oxygen atoms in total. The number of hydrogen-bond donors (Lipinski definition) is 1. The molecular formula is C14H23NO2. The van der Waals surface area contributed by atoms with Crippen LogP contribution in [0.3, 0.4) is 0 Å². The Kier molecular flexibility index (Phi) is 2.89. The van der Waals surface area contributed by atoms with Crippen molar-refractivity contribution >= 4 is 5.91 Å². The fourth-order valence-corrected chi connectivity index (χ4v) is 3.52. The van der Waals surface area contributed by atoms with Gasteiger partial charge in [-0.2, -0.15) is 0 Å². The Balaban J connectivity index is 1.57. The molecule has 3 heteroatoms. The van der Waals surface area contributed by atoms with E-state index < -0.39 is 0 Å². The van der Waals surface area contributed by atoms with Gasteiger partial charge in [-0.1, -0.05) is 0 Å². The number of rotatable bonds is 4. The van der Waals surface area contributed by atoms with E-state index in [4.69, 9.17) is 0 Å². The molecule has 2 saturated carbocycles. The molecule has 0 spiro atoms. The van der Waals surface area contributed by atoms with Gasteiger partial charge in [-0.25, -0.2) is 0 Å². The number of carbonyl (C=O) groups excluding carboxylic acids is 1. The van der Waals surface area contributed by atoms with E-state index >= 15 is 0 Å². The second kappa shape index (κ2) is 4.27. The monoisotopic (exact) mass is 237 g/mol. The van der Waals surface area contributed by atoms with Crippen LogP contribution >= 0.6 is 0 Å². The van der Waals surface area contributed by atoms with Crippen molar-refractivity contribution in [3.63, 3.8) is 0 Å². The molecular weight excluding hydrogens is 214 g/mol. The molecule has 1 saturated heterocycles. The number of aliphatic hydroxyl groups is 1. The largest absolute Gasteiger partial charge is 0.393 e. The van der Waals surface area contributed by atoms with Crippen LogP contribution in [0.15, 0.2) is 0 Å². The lowest BCUT2D eigenvalue weighted by Gasteiger charge is -2.26. The van der Waals surface area contributed by atoms with Crippen LogP contribution in [0.25, 0.3) is 0 Å². The summed E-state index contributed by atoms with van der Waals surface area (Å²) >= 11 is 0. The minimum atomic E-state index is -0.285. The van der Waals surface area contributed by atoms with Crippen LogP contribution in [0.5, 0.6) is 0 Å².